The van der Waals surface area contributed by atoms with Gasteiger partial charge in [-0.05, 0) is 54.8 Å². The Hall–Kier alpha value is -2.18. The van der Waals surface area contributed by atoms with Gasteiger partial charge in [0.2, 0.25) is 0 Å². The predicted octanol–water partition coefficient (Wildman–Crippen LogP) is 5.24. The van der Waals surface area contributed by atoms with Crippen LogP contribution in [0.15, 0.2) is 47.4 Å². The number of anilines is 1. The van der Waals surface area contributed by atoms with Gasteiger partial charge < -0.3 is 15.0 Å². The van der Waals surface area contributed by atoms with Crippen LogP contribution in [0.1, 0.15) is 31.4 Å². The highest BCUT2D eigenvalue weighted by atomic mass is 32.2. The molecule has 1 aliphatic heterocycles. The third-order valence-corrected chi connectivity index (χ3v) is 6.84. The van der Waals surface area contributed by atoms with Gasteiger partial charge in [-0.25, -0.2) is 4.79 Å². The lowest BCUT2D eigenvalue weighted by molar-refractivity contribution is 0.143. The molecular formula is C24H33N3O2S. The first-order valence-corrected chi connectivity index (χ1v) is 11.5. The highest BCUT2D eigenvalue weighted by molar-refractivity contribution is 7.99. The van der Waals surface area contributed by atoms with Gasteiger partial charge in [-0.1, -0.05) is 26.0 Å². The molecule has 0 radical (unpaired) electrons. The Bertz CT molecular complexity index is 833. The number of carbonyl (C=O) groups excluding carboxylic acids is 1. The Morgan fingerprint density at radius 1 is 1.13 bits per heavy atom. The van der Waals surface area contributed by atoms with Gasteiger partial charge in [0, 0.05) is 48.6 Å². The molecule has 0 bridgehead atoms. The summed E-state index contributed by atoms with van der Waals surface area (Å²) in [6.07, 6.45) is 1.15. The van der Waals surface area contributed by atoms with Crippen molar-refractivity contribution in [1.82, 2.24) is 9.80 Å². The molecule has 0 aromatic heterocycles. The second-order valence-corrected chi connectivity index (χ2v) is 9.37. The number of aryl methyl sites for hydroxylation is 1. The number of piperazine rings is 1. The van der Waals surface area contributed by atoms with Crippen LogP contribution in [-0.2, 0) is 6.54 Å². The second kappa shape index (κ2) is 10.7. The van der Waals surface area contributed by atoms with Gasteiger partial charge in [-0.3, -0.25) is 4.90 Å². The number of urea groups is 1. The fourth-order valence-corrected chi connectivity index (χ4v) is 4.48. The number of carbonyl (C=O) groups is 1. The Labute approximate surface area is 184 Å². The number of amides is 2. The van der Waals surface area contributed by atoms with Crippen molar-refractivity contribution >= 4 is 23.5 Å². The molecule has 6 heteroatoms. The zero-order chi connectivity index (χ0) is 21.5. The summed E-state index contributed by atoms with van der Waals surface area (Å²) in [5.74, 6) is 0.877. The average molecular weight is 428 g/mol. The molecule has 1 atom stereocenters. The number of hydrogen-bond donors (Lipinski definition) is 1. The number of nitrogens with zero attached hydrogens (tertiary/aromatic N) is 2. The van der Waals surface area contributed by atoms with Crippen molar-refractivity contribution in [2.24, 2.45) is 0 Å². The van der Waals surface area contributed by atoms with Gasteiger partial charge in [0.15, 0.2) is 0 Å². The van der Waals surface area contributed by atoms with Gasteiger partial charge in [0.25, 0.3) is 0 Å². The maximum absolute atomic E-state index is 12.7. The van der Waals surface area contributed by atoms with Crippen molar-refractivity contribution in [3.8, 4) is 5.75 Å². The number of hydrogen-bond acceptors (Lipinski definition) is 4. The molecule has 5 nitrogen and oxygen atoms in total. The first-order valence-electron chi connectivity index (χ1n) is 10.7. The van der Waals surface area contributed by atoms with Crippen LogP contribution >= 0.6 is 11.8 Å². The number of benzene rings is 2. The largest absolute Gasteiger partial charge is 0.497 e. The van der Waals surface area contributed by atoms with Crippen LogP contribution in [0.4, 0.5) is 10.5 Å². The van der Waals surface area contributed by atoms with E-state index in [9.17, 15) is 4.79 Å². The fraction of sp³-hybridized carbons (Fsp3) is 0.458. The summed E-state index contributed by atoms with van der Waals surface area (Å²) in [7, 11) is 1.68. The van der Waals surface area contributed by atoms with E-state index in [0.717, 1.165) is 56.1 Å². The molecule has 1 saturated heterocycles. The minimum absolute atomic E-state index is 0.00970. The van der Waals surface area contributed by atoms with Crippen molar-refractivity contribution < 1.29 is 9.53 Å². The van der Waals surface area contributed by atoms with E-state index in [1.54, 1.807) is 7.11 Å². The van der Waals surface area contributed by atoms with Gasteiger partial charge >= 0.3 is 6.03 Å². The molecule has 1 N–H and O–H groups in total. The molecule has 162 valence electrons. The van der Waals surface area contributed by atoms with Crippen molar-refractivity contribution in [2.45, 2.75) is 43.9 Å². The molecule has 3 rings (SSSR count). The fourth-order valence-electron chi connectivity index (χ4n) is 3.46. The average Bonchev–Trinajstić information content (AvgIpc) is 2.76. The van der Waals surface area contributed by atoms with Crippen LogP contribution in [0.5, 0.6) is 5.75 Å². The molecule has 1 unspecified atom stereocenters. The van der Waals surface area contributed by atoms with Crippen molar-refractivity contribution in [2.75, 3.05) is 38.6 Å². The summed E-state index contributed by atoms with van der Waals surface area (Å²) in [6.45, 7) is 10.6. The van der Waals surface area contributed by atoms with Crippen LogP contribution in [0.25, 0.3) is 0 Å². The van der Waals surface area contributed by atoms with Gasteiger partial charge in [-0.2, -0.15) is 0 Å². The predicted molar refractivity (Wildman–Crippen MR) is 126 cm³/mol. The summed E-state index contributed by atoms with van der Waals surface area (Å²) in [5, 5.41) is 3.69. The Balaban J connectivity index is 1.49. The lowest BCUT2D eigenvalue weighted by Crippen LogP contribution is -2.49. The molecule has 2 aromatic rings. The minimum atomic E-state index is -0.00970. The normalized spacial score (nSPS) is 15.7. The van der Waals surface area contributed by atoms with Crippen LogP contribution in [-0.4, -0.2) is 54.4 Å². The zero-order valence-electron chi connectivity index (χ0n) is 18.5. The van der Waals surface area contributed by atoms with Gasteiger partial charge in [0.05, 0.1) is 7.11 Å². The van der Waals surface area contributed by atoms with E-state index < -0.39 is 0 Å². The first kappa shape index (κ1) is 22.5. The monoisotopic (exact) mass is 427 g/mol. The molecule has 2 amide bonds. The number of thioether (sulfide) groups is 1. The van der Waals surface area contributed by atoms with E-state index in [4.69, 9.17) is 4.74 Å². The summed E-state index contributed by atoms with van der Waals surface area (Å²) in [5.41, 5.74) is 3.27. The third-order valence-electron chi connectivity index (χ3n) is 5.58. The zero-order valence-corrected chi connectivity index (χ0v) is 19.3. The Morgan fingerprint density at radius 3 is 2.43 bits per heavy atom. The van der Waals surface area contributed by atoms with Crippen molar-refractivity contribution in [3.05, 3.63) is 53.6 Å². The minimum Gasteiger partial charge on any atom is -0.497 e. The summed E-state index contributed by atoms with van der Waals surface area (Å²) < 4.78 is 5.22. The molecule has 1 heterocycles. The van der Waals surface area contributed by atoms with Crippen molar-refractivity contribution in [1.29, 1.82) is 0 Å². The standard InChI is InChI=1S/C24H33N3O2S/c1-5-19(3)30-22-10-11-23(18(2)16-22)25-24(28)27-14-12-26(13-15-27)17-20-6-8-21(29-4)9-7-20/h6-11,16,19H,5,12-15,17H2,1-4H3,(H,25,28). The number of nitrogens with one attached hydrogen (secondary N) is 1. The number of ether oxygens (including phenoxy) is 1. The molecule has 0 spiro atoms. The number of methoxy groups -OCH3 is 1. The summed E-state index contributed by atoms with van der Waals surface area (Å²) >= 11 is 1.88. The highest BCUT2D eigenvalue weighted by Gasteiger charge is 2.21. The second-order valence-electron chi connectivity index (χ2n) is 7.85. The van der Waals surface area contributed by atoms with Crippen LogP contribution in [0, 0.1) is 6.92 Å². The summed E-state index contributed by atoms with van der Waals surface area (Å²) in [4.78, 5) is 18.3. The van der Waals surface area contributed by atoms with E-state index in [2.05, 4.69) is 55.3 Å². The maximum Gasteiger partial charge on any atom is 0.321 e. The molecule has 30 heavy (non-hydrogen) atoms. The molecular weight excluding hydrogens is 394 g/mol. The first-order chi connectivity index (χ1) is 14.5. The SMILES string of the molecule is CCC(C)Sc1ccc(NC(=O)N2CCN(Cc3ccc(OC)cc3)CC2)c(C)c1. The quantitative estimate of drug-likeness (QED) is 0.614. The van der Waals surface area contributed by atoms with Crippen molar-refractivity contribution in [3.63, 3.8) is 0 Å². The van der Waals surface area contributed by atoms with E-state index >= 15 is 0 Å². The molecule has 1 aliphatic rings. The molecule has 0 aliphatic carbocycles. The van der Waals surface area contributed by atoms with Crippen LogP contribution < -0.4 is 10.1 Å². The van der Waals surface area contributed by atoms with E-state index in [1.165, 1.54) is 10.5 Å². The smallest absolute Gasteiger partial charge is 0.321 e. The lowest BCUT2D eigenvalue weighted by Gasteiger charge is -2.34. The molecule has 0 saturated carbocycles. The maximum atomic E-state index is 12.7. The third kappa shape index (κ3) is 6.16. The lowest BCUT2D eigenvalue weighted by atomic mass is 10.2. The van der Waals surface area contributed by atoms with E-state index in [-0.39, 0.29) is 6.03 Å². The number of rotatable bonds is 7. The Morgan fingerprint density at radius 2 is 1.83 bits per heavy atom. The van der Waals surface area contributed by atoms with Gasteiger partial charge in [-0.15, -0.1) is 11.8 Å². The Kier molecular flexibility index (Phi) is 8.05. The van der Waals surface area contributed by atoms with E-state index in [1.807, 2.05) is 34.9 Å². The highest BCUT2D eigenvalue weighted by Crippen LogP contribution is 2.28. The topological polar surface area (TPSA) is 44.8 Å². The molecule has 1 fully saturated rings. The van der Waals surface area contributed by atoms with Crippen LogP contribution in [0.3, 0.4) is 0 Å². The van der Waals surface area contributed by atoms with Gasteiger partial charge in [0.1, 0.15) is 5.75 Å². The van der Waals surface area contributed by atoms with Crippen LogP contribution in [0.2, 0.25) is 0 Å². The summed E-state index contributed by atoms with van der Waals surface area (Å²) in [6, 6.07) is 14.5. The molecule has 2 aromatic carbocycles. The van der Waals surface area contributed by atoms with E-state index in [0.29, 0.717) is 5.25 Å².